The molecule has 3 heterocycles. The van der Waals surface area contributed by atoms with E-state index in [4.69, 9.17) is 9.47 Å². The van der Waals surface area contributed by atoms with Gasteiger partial charge in [-0.25, -0.2) is 0 Å². The number of carbonyl (C=O) groups is 1. The zero-order chi connectivity index (χ0) is 20.9. The van der Waals surface area contributed by atoms with Gasteiger partial charge in [0.1, 0.15) is 0 Å². The van der Waals surface area contributed by atoms with Crippen molar-refractivity contribution in [3.05, 3.63) is 28.7 Å². The molecule has 0 bridgehead atoms. The fraction of sp³-hybridized carbons (Fsp3) is 0.550. The molecular formula is C20H26BrN5O3S. The van der Waals surface area contributed by atoms with E-state index in [1.807, 2.05) is 31.2 Å². The first-order chi connectivity index (χ1) is 14.6. The van der Waals surface area contributed by atoms with Crippen molar-refractivity contribution >= 4 is 45.2 Å². The van der Waals surface area contributed by atoms with E-state index in [1.165, 1.54) is 11.8 Å². The predicted molar refractivity (Wildman–Crippen MR) is 120 cm³/mol. The number of hydrogen-bond acceptors (Lipinski definition) is 7. The van der Waals surface area contributed by atoms with Crippen molar-refractivity contribution in [1.82, 2.24) is 14.8 Å². The highest BCUT2D eigenvalue weighted by atomic mass is 79.9. The molecule has 2 atom stereocenters. The second-order valence-electron chi connectivity index (χ2n) is 7.39. The topological polar surface area (TPSA) is 81.5 Å². The van der Waals surface area contributed by atoms with E-state index >= 15 is 0 Å². The van der Waals surface area contributed by atoms with Crippen LogP contribution in [-0.2, 0) is 20.8 Å². The molecule has 4 rings (SSSR count). The number of carbonyl (C=O) groups excluding carboxylic acids is 1. The van der Waals surface area contributed by atoms with Crippen LogP contribution >= 0.6 is 27.7 Å². The van der Waals surface area contributed by atoms with Crippen LogP contribution in [-0.4, -0.2) is 64.9 Å². The third kappa shape index (κ3) is 5.35. The minimum atomic E-state index is -0.325. The van der Waals surface area contributed by atoms with E-state index in [9.17, 15) is 4.79 Å². The third-order valence-electron chi connectivity index (χ3n) is 5.15. The number of nitrogens with one attached hydrogen (secondary N) is 1. The van der Waals surface area contributed by atoms with Gasteiger partial charge >= 0.3 is 0 Å². The molecule has 0 spiro atoms. The fourth-order valence-corrected chi connectivity index (χ4v) is 4.79. The van der Waals surface area contributed by atoms with Gasteiger partial charge < -0.3 is 19.7 Å². The van der Waals surface area contributed by atoms with Crippen LogP contribution in [0.4, 0.5) is 11.6 Å². The molecule has 30 heavy (non-hydrogen) atoms. The van der Waals surface area contributed by atoms with Gasteiger partial charge in [0.05, 0.1) is 31.1 Å². The van der Waals surface area contributed by atoms with E-state index in [-0.39, 0.29) is 17.3 Å². The first-order valence-corrected chi connectivity index (χ1v) is 11.9. The molecule has 1 N–H and O–H groups in total. The standard InChI is InChI=1S/C20H26BrN5O3S/c1-14(18(27)22-16-5-2-4-15(21)12-16)30-20-24-23-19(25-7-10-28-11-8-25)26(20)13-17-6-3-9-29-17/h2,4-5,12,14,17H,3,6-11,13H2,1H3,(H,22,27)/t14-,17+/m0/s1. The van der Waals surface area contributed by atoms with Gasteiger partial charge in [-0.2, -0.15) is 0 Å². The van der Waals surface area contributed by atoms with Gasteiger partial charge in [-0.05, 0) is 38.0 Å². The molecule has 1 aromatic heterocycles. The van der Waals surface area contributed by atoms with Gasteiger partial charge in [0, 0.05) is 29.9 Å². The van der Waals surface area contributed by atoms with Crippen LogP contribution in [0.25, 0.3) is 0 Å². The summed E-state index contributed by atoms with van der Waals surface area (Å²) in [6.45, 7) is 6.31. The summed E-state index contributed by atoms with van der Waals surface area (Å²) in [5, 5.41) is 12.3. The summed E-state index contributed by atoms with van der Waals surface area (Å²) in [7, 11) is 0. The molecule has 1 aromatic carbocycles. The number of halogens is 1. The highest BCUT2D eigenvalue weighted by Crippen LogP contribution is 2.29. The average molecular weight is 496 g/mol. The minimum Gasteiger partial charge on any atom is -0.378 e. The minimum absolute atomic E-state index is 0.0716. The van der Waals surface area contributed by atoms with Crippen LogP contribution in [0.1, 0.15) is 19.8 Å². The number of nitrogens with zero attached hydrogens (tertiary/aromatic N) is 4. The second kappa shape index (κ2) is 10.1. The van der Waals surface area contributed by atoms with E-state index in [2.05, 4.69) is 40.9 Å². The molecule has 0 aliphatic carbocycles. The molecule has 0 saturated carbocycles. The van der Waals surface area contributed by atoms with Crippen molar-refractivity contribution in [3.8, 4) is 0 Å². The summed E-state index contributed by atoms with van der Waals surface area (Å²) >= 11 is 4.85. The van der Waals surface area contributed by atoms with Gasteiger partial charge in [-0.3, -0.25) is 9.36 Å². The van der Waals surface area contributed by atoms with Gasteiger partial charge in [0.2, 0.25) is 11.9 Å². The SMILES string of the molecule is C[C@H](Sc1nnc(N2CCOCC2)n1C[C@H]1CCCO1)C(=O)Nc1cccc(Br)c1. The lowest BCUT2D eigenvalue weighted by Crippen LogP contribution is -2.38. The first kappa shape index (κ1) is 21.6. The van der Waals surface area contributed by atoms with Gasteiger partial charge in [0.25, 0.3) is 0 Å². The maximum Gasteiger partial charge on any atom is 0.237 e. The van der Waals surface area contributed by atoms with Crippen molar-refractivity contribution in [3.63, 3.8) is 0 Å². The lowest BCUT2D eigenvalue weighted by molar-refractivity contribution is -0.115. The lowest BCUT2D eigenvalue weighted by Gasteiger charge is -2.28. The van der Waals surface area contributed by atoms with Crippen LogP contribution in [0, 0.1) is 0 Å². The van der Waals surface area contributed by atoms with E-state index in [0.29, 0.717) is 19.8 Å². The molecule has 10 heteroatoms. The summed E-state index contributed by atoms with van der Waals surface area (Å²) in [5.41, 5.74) is 0.761. The van der Waals surface area contributed by atoms with Crippen LogP contribution in [0.15, 0.2) is 33.9 Å². The van der Waals surface area contributed by atoms with Crippen LogP contribution < -0.4 is 10.2 Å². The summed E-state index contributed by atoms with van der Waals surface area (Å²) in [5.74, 6) is 0.758. The Balaban J connectivity index is 1.48. The molecule has 8 nitrogen and oxygen atoms in total. The van der Waals surface area contributed by atoms with Crippen LogP contribution in [0.3, 0.4) is 0 Å². The molecule has 0 radical (unpaired) electrons. The van der Waals surface area contributed by atoms with Gasteiger partial charge in [-0.1, -0.05) is 33.8 Å². The van der Waals surface area contributed by atoms with Gasteiger partial charge in [-0.15, -0.1) is 10.2 Å². The Morgan fingerprint density at radius 2 is 2.17 bits per heavy atom. The van der Waals surface area contributed by atoms with Crippen molar-refractivity contribution in [2.24, 2.45) is 0 Å². The van der Waals surface area contributed by atoms with Crippen LogP contribution in [0.5, 0.6) is 0 Å². The number of ether oxygens (including phenoxy) is 2. The fourth-order valence-electron chi connectivity index (χ4n) is 3.54. The molecule has 2 saturated heterocycles. The number of thioether (sulfide) groups is 1. The maximum absolute atomic E-state index is 12.7. The molecular weight excluding hydrogens is 470 g/mol. The van der Waals surface area contributed by atoms with Crippen molar-refractivity contribution in [2.45, 2.75) is 42.8 Å². The predicted octanol–water partition coefficient (Wildman–Crippen LogP) is 3.18. The van der Waals surface area contributed by atoms with Crippen LogP contribution in [0.2, 0.25) is 0 Å². The highest BCUT2D eigenvalue weighted by Gasteiger charge is 2.27. The number of hydrogen-bond donors (Lipinski definition) is 1. The Hall–Kier alpha value is -1.62. The molecule has 1 amide bonds. The average Bonchev–Trinajstić information content (AvgIpc) is 3.39. The second-order valence-corrected chi connectivity index (χ2v) is 9.61. The van der Waals surface area contributed by atoms with Gasteiger partial charge in [0.15, 0.2) is 5.16 Å². The largest absolute Gasteiger partial charge is 0.378 e. The first-order valence-electron chi connectivity index (χ1n) is 10.2. The Kier molecular flexibility index (Phi) is 7.29. The maximum atomic E-state index is 12.7. The normalized spacial score (nSPS) is 20.3. The van der Waals surface area contributed by atoms with E-state index in [1.54, 1.807) is 0 Å². The molecule has 2 aromatic rings. The smallest absolute Gasteiger partial charge is 0.237 e. The van der Waals surface area contributed by atoms with Crippen molar-refractivity contribution in [2.75, 3.05) is 43.1 Å². The molecule has 0 unspecified atom stereocenters. The Morgan fingerprint density at radius 1 is 1.33 bits per heavy atom. The summed E-state index contributed by atoms with van der Waals surface area (Å²) in [4.78, 5) is 14.9. The molecule has 2 aliphatic rings. The number of morpholine rings is 1. The number of benzene rings is 1. The van der Waals surface area contributed by atoms with E-state index < -0.39 is 0 Å². The summed E-state index contributed by atoms with van der Waals surface area (Å²) in [6.07, 6.45) is 2.27. The summed E-state index contributed by atoms with van der Waals surface area (Å²) < 4.78 is 14.4. The molecule has 2 aliphatic heterocycles. The Morgan fingerprint density at radius 3 is 2.90 bits per heavy atom. The number of anilines is 2. The van der Waals surface area contributed by atoms with Crippen molar-refractivity contribution < 1.29 is 14.3 Å². The number of amides is 1. The molecule has 162 valence electrons. The molecule has 2 fully saturated rings. The zero-order valence-electron chi connectivity index (χ0n) is 16.9. The highest BCUT2D eigenvalue weighted by molar-refractivity contribution is 9.10. The quantitative estimate of drug-likeness (QED) is 0.590. The number of rotatable bonds is 7. The Bertz CT molecular complexity index is 868. The summed E-state index contributed by atoms with van der Waals surface area (Å²) in [6, 6.07) is 7.57. The van der Waals surface area contributed by atoms with E-state index in [0.717, 1.165) is 53.8 Å². The Labute approximate surface area is 188 Å². The lowest BCUT2D eigenvalue weighted by atomic mass is 10.2. The monoisotopic (exact) mass is 495 g/mol. The van der Waals surface area contributed by atoms with Crippen molar-refractivity contribution in [1.29, 1.82) is 0 Å². The third-order valence-corrected chi connectivity index (χ3v) is 6.72. The zero-order valence-corrected chi connectivity index (χ0v) is 19.3. The number of aromatic nitrogens is 3.